The lowest BCUT2D eigenvalue weighted by molar-refractivity contribution is 0.355. The van der Waals surface area contributed by atoms with Crippen molar-refractivity contribution in [3.05, 3.63) is 18.5 Å². The number of benzene rings is 1. The predicted molar refractivity (Wildman–Crippen MR) is 101 cm³/mol. The Bertz CT molecular complexity index is 781. The molecule has 142 valence electrons. The fourth-order valence-corrected chi connectivity index (χ4v) is 3.70. The van der Waals surface area contributed by atoms with Gasteiger partial charge in [-0.1, -0.05) is 0 Å². The molecule has 1 aromatic heterocycles. The number of aromatic nitrogens is 2. The smallest absolute Gasteiger partial charge is 0.231 e. The Morgan fingerprint density at radius 1 is 1.23 bits per heavy atom. The van der Waals surface area contributed by atoms with Crippen LogP contribution in [-0.2, 0) is 11.3 Å². The van der Waals surface area contributed by atoms with Gasteiger partial charge in [-0.15, -0.1) is 0 Å². The Kier molecular flexibility index (Phi) is 6.23. The van der Waals surface area contributed by atoms with E-state index in [1.54, 1.807) is 20.5 Å². The molecule has 3 rings (SSSR count). The number of hydrogen-bond donors (Lipinski definition) is 2. The molecule has 0 amide bonds. The number of methoxy groups -OCH3 is 2. The lowest BCUT2D eigenvalue weighted by Crippen LogP contribution is -2.35. The molecule has 0 spiro atoms. The van der Waals surface area contributed by atoms with Crippen LogP contribution in [0.3, 0.4) is 0 Å². The van der Waals surface area contributed by atoms with Gasteiger partial charge in [-0.3, -0.25) is 4.55 Å². The second kappa shape index (κ2) is 8.61. The summed E-state index contributed by atoms with van der Waals surface area (Å²) in [7, 11) is 3.23. The third kappa shape index (κ3) is 4.22. The zero-order valence-corrected chi connectivity index (χ0v) is 15.8. The van der Waals surface area contributed by atoms with Crippen LogP contribution in [0, 0.1) is 5.92 Å². The third-order valence-electron chi connectivity index (χ3n) is 4.81. The number of rotatable bonds is 7. The highest BCUT2D eigenvalue weighted by Crippen LogP contribution is 2.35. The van der Waals surface area contributed by atoms with Crippen LogP contribution in [0.2, 0.25) is 0 Å². The third-order valence-corrected chi connectivity index (χ3v) is 5.26. The van der Waals surface area contributed by atoms with Gasteiger partial charge in [0.15, 0.2) is 11.5 Å². The quantitative estimate of drug-likeness (QED) is 0.709. The zero-order valence-electron chi connectivity index (χ0n) is 15.0. The number of nitrogens with zero attached hydrogens (tertiary/aromatic N) is 3. The first-order valence-electron chi connectivity index (χ1n) is 8.58. The summed E-state index contributed by atoms with van der Waals surface area (Å²) in [5, 5.41) is 0.945. The van der Waals surface area contributed by atoms with Crippen LogP contribution in [0.15, 0.2) is 18.5 Å². The van der Waals surface area contributed by atoms with Crippen LogP contribution < -0.4 is 19.1 Å². The molecule has 2 heterocycles. The van der Waals surface area contributed by atoms with Crippen molar-refractivity contribution in [1.82, 2.24) is 14.7 Å². The molecule has 0 bridgehead atoms. The minimum absolute atomic E-state index is 0.546. The van der Waals surface area contributed by atoms with Crippen LogP contribution in [0.5, 0.6) is 11.5 Å². The van der Waals surface area contributed by atoms with Gasteiger partial charge < -0.3 is 14.4 Å². The average molecular weight is 380 g/mol. The van der Waals surface area contributed by atoms with Gasteiger partial charge in [0.25, 0.3) is 0 Å². The second-order valence-corrected chi connectivity index (χ2v) is 7.07. The van der Waals surface area contributed by atoms with Crippen molar-refractivity contribution in [2.45, 2.75) is 19.3 Å². The summed E-state index contributed by atoms with van der Waals surface area (Å²) in [6.07, 6.45) is 4.53. The van der Waals surface area contributed by atoms with Crippen LogP contribution >= 0.6 is 0 Å². The number of hydrogen-bond acceptors (Lipinski definition) is 6. The molecule has 8 nitrogen and oxygen atoms in total. The molecule has 0 aliphatic carbocycles. The highest BCUT2D eigenvalue weighted by atomic mass is 32.2. The number of fused-ring (bicyclic) bond motifs is 1. The van der Waals surface area contributed by atoms with E-state index < -0.39 is 11.3 Å². The molecule has 1 atom stereocenters. The summed E-state index contributed by atoms with van der Waals surface area (Å²) in [6.45, 7) is 2.35. The van der Waals surface area contributed by atoms with E-state index in [4.69, 9.17) is 14.0 Å². The van der Waals surface area contributed by atoms with Crippen LogP contribution in [0.4, 0.5) is 5.82 Å². The molecule has 9 heteroatoms. The Hall–Kier alpha value is -1.97. The summed E-state index contributed by atoms with van der Waals surface area (Å²) in [4.78, 5) is 11.1. The van der Waals surface area contributed by atoms with Crippen molar-refractivity contribution in [3.63, 3.8) is 0 Å². The maximum atomic E-state index is 10.7. The average Bonchev–Trinajstić information content (AvgIpc) is 2.66. The Balaban J connectivity index is 1.74. The van der Waals surface area contributed by atoms with Gasteiger partial charge in [-0.05, 0) is 31.2 Å². The van der Waals surface area contributed by atoms with Crippen LogP contribution in [0.25, 0.3) is 10.9 Å². The van der Waals surface area contributed by atoms with E-state index >= 15 is 0 Å². The molecule has 1 saturated heterocycles. The van der Waals surface area contributed by atoms with Gasteiger partial charge in [-0.2, -0.15) is 0 Å². The van der Waals surface area contributed by atoms with Crippen molar-refractivity contribution < 1.29 is 18.2 Å². The van der Waals surface area contributed by atoms with E-state index in [0.29, 0.717) is 24.0 Å². The number of nitrogens with one attached hydrogen (secondary N) is 1. The second-order valence-electron chi connectivity index (χ2n) is 6.28. The molecule has 1 unspecified atom stereocenters. The van der Waals surface area contributed by atoms with Gasteiger partial charge in [-0.25, -0.2) is 18.9 Å². The minimum Gasteiger partial charge on any atom is -0.493 e. The van der Waals surface area contributed by atoms with Gasteiger partial charge in [0.1, 0.15) is 12.1 Å². The van der Waals surface area contributed by atoms with Crippen LogP contribution in [0.1, 0.15) is 19.3 Å². The monoisotopic (exact) mass is 380 g/mol. The van der Waals surface area contributed by atoms with Crippen molar-refractivity contribution in [2.24, 2.45) is 5.92 Å². The SMILES string of the molecule is COc1cc2ncnc(N3CCC(CCNS(=O)O)CC3)c2cc1OC. The normalized spacial score (nSPS) is 16.7. The number of anilines is 1. The minimum atomic E-state index is -1.93. The molecule has 0 saturated carbocycles. The first-order valence-corrected chi connectivity index (χ1v) is 9.69. The first kappa shape index (κ1) is 18.8. The van der Waals surface area contributed by atoms with E-state index in [1.165, 1.54) is 0 Å². The lowest BCUT2D eigenvalue weighted by atomic mass is 9.93. The molecule has 1 fully saturated rings. The summed E-state index contributed by atoms with van der Waals surface area (Å²) in [5.74, 6) is 2.76. The van der Waals surface area contributed by atoms with Gasteiger partial charge in [0.2, 0.25) is 11.3 Å². The zero-order chi connectivity index (χ0) is 18.5. The van der Waals surface area contributed by atoms with Crippen molar-refractivity contribution >= 4 is 28.0 Å². The standard InChI is InChI=1S/C17H24N4O4S/c1-24-15-9-13-14(10-16(15)25-2)18-11-19-17(13)21-7-4-12(5-8-21)3-6-20-26(22)23/h9-12,20H,3-8H2,1-2H3,(H,22,23). The largest absolute Gasteiger partial charge is 0.493 e. The van der Waals surface area contributed by atoms with E-state index in [1.807, 2.05) is 12.1 Å². The van der Waals surface area contributed by atoms with Crippen molar-refractivity contribution in [3.8, 4) is 11.5 Å². The lowest BCUT2D eigenvalue weighted by Gasteiger charge is -2.33. The highest BCUT2D eigenvalue weighted by molar-refractivity contribution is 7.77. The van der Waals surface area contributed by atoms with Gasteiger partial charge in [0, 0.05) is 31.1 Å². The fourth-order valence-electron chi connectivity index (χ4n) is 3.41. The molecule has 1 aromatic carbocycles. The Morgan fingerprint density at radius 2 is 1.92 bits per heavy atom. The number of ether oxygens (including phenoxy) is 2. The first-order chi connectivity index (χ1) is 12.6. The Labute approximate surface area is 155 Å². The molecular weight excluding hydrogens is 356 g/mol. The predicted octanol–water partition coefficient (Wildman–Crippen LogP) is 1.98. The summed E-state index contributed by atoms with van der Waals surface area (Å²) < 4.78 is 32.8. The maximum Gasteiger partial charge on any atom is 0.231 e. The number of piperidine rings is 1. The highest BCUT2D eigenvalue weighted by Gasteiger charge is 2.22. The molecule has 26 heavy (non-hydrogen) atoms. The fraction of sp³-hybridized carbons (Fsp3) is 0.529. The van der Waals surface area contributed by atoms with E-state index in [0.717, 1.165) is 49.1 Å². The molecule has 2 aromatic rings. The van der Waals surface area contributed by atoms with E-state index in [-0.39, 0.29) is 0 Å². The molecule has 1 aliphatic rings. The molecule has 1 aliphatic heterocycles. The summed E-state index contributed by atoms with van der Waals surface area (Å²) >= 11 is -1.93. The molecule has 0 radical (unpaired) electrons. The summed E-state index contributed by atoms with van der Waals surface area (Å²) in [6, 6.07) is 3.79. The van der Waals surface area contributed by atoms with Crippen molar-refractivity contribution in [2.75, 3.05) is 38.8 Å². The topological polar surface area (TPSA) is 96.8 Å². The van der Waals surface area contributed by atoms with Crippen molar-refractivity contribution in [1.29, 1.82) is 0 Å². The Morgan fingerprint density at radius 3 is 2.58 bits per heavy atom. The van der Waals surface area contributed by atoms with Crippen LogP contribution in [-0.4, -0.2) is 52.6 Å². The summed E-state index contributed by atoms with van der Waals surface area (Å²) in [5.41, 5.74) is 0.824. The van der Waals surface area contributed by atoms with Gasteiger partial charge in [0.05, 0.1) is 19.7 Å². The van der Waals surface area contributed by atoms with Gasteiger partial charge >= 0.3 is 0 Å². The molecular formula is C17H24N4O4S. The maximum absolute atomic E-state index is 10.7. The van der Waals surface area contributed by atoms with E-state index in [9.17, 15) is 4.21 Å². The molecule has 2 N–H and O–H groups in total. The van der Waals surface area contributed by atoms with E-state index in [2.05, 4.69) is 19.6 Å².